The molecule has 0 saturated heterocycles. The van der Waals surface area contributed by atoms with E-state index in [1.165, 1.54) is 23.5 Å². The maximum Gasteiger partial charge on any atom is 0.262 e. The second kappa shape index (κ2) is 6.88. The molecule has 2 aliphatic rings. The summed E-state index contributed by atoms with van der Waals surface area (Å²) in [7, 11) is 0. The van der Waals surface area contributed by atoms with Crippen LogP contribution >= 0.6 is 34.5 Å². The number of aryl methyl sites for hydroxylation is 1. The zero-order chi connectivity index (χ0) is 20.2. The molecule has 1 aliphatic carbocycles. The number of nitrogens with two attached hydrogens (primary N) is 1. The number of hydrogen-bond acceptors (Lipinski definition) is 5. The Morgan fingerprint density at radius 1 is 1.11 bits per heavy atom. The second-order valence-electron chi connectivity index (χ2n) is 6.48. The number of fused-ring (bicyclic) bond motifs is 2. The lowest BCUT2D eigenvalue weighted by molar-refractivity contribution is -0.116. The molecule has 28 heavy (non-hydrogen) atoms. The fourth-order valence-electron chi connectivity index (χ4n) is 3.49. The van der Waals surface area contributed by atoms with E-state index in [0.717, 1.165) is 34.6 Å². The highest BCUT2D eigenvalue weighted by Gasteiger charge is 2.37. The zero-order valence-electron chi connectivity index (χ0n) is 14.3. The Kier molecular flexibility index (Phi) is 4.65. The molecule has 1 aromatic carbocycles. The number of benzene rings is 1. The Morgan fingerprint density at radius 2 is 1.71 bits per heavy atom. The largest absolute Gasteiger partial charge is 0.365 e. The molecule has 0 fully saturated rings. The maximum absolute atomic E-state index is 12.5. The van der Waals surface area contributed by atoms with Crippen LogP contribution in [0.1, 0.15) is 47.9 Å². The molecule has 0 saturated carbocycles. The molecule has 2 heterocycles. The summed E-state index contributed by atoms with van der Waals surface area (Å²) in [5.41, 5.74) is 6.85. The van der Waals surface area contributed by atoms with E-state index < -0.39 is 30.2 Å². The van der Waals surface area contributed by atoms with Crippen LogP contribution in [0.25, 0.3) is 0 Å². The highest BCUT2D eigenvalue weighted by Crippen LogP contribution is 2.39. The number of carbonyl (C=O) groups is 4. The fourth-order valence-corrected chi connectivity index (χ4v) is 5.13. The number of rotatable bonds is 4. The van der Waals surface area contributed by atoms with Gasteiger partial charge in [-0.3, -0.25) is 24.1 Å². The summed E-state index contributed by atoms with van der Waals surface area (Å²) in [6.45, 7) is -0.498. The molecule has 1 aliphatic heterocycles. The van der Waals surface area contributed by atoms with Crippen LogP contribution in [0.2, 0.25) is 10.0 Å². The van der Waals surface area contributed by atoms with Crippen molar-refractivity contribution in [3.8, 4) is 0 Å². The average Bonchev–Trinajstić information content (AvgIpc) is 3.25. The first-order valence-corrected chi connectivity index (χ1v) is 9.94. The summed E-state index contributed by atoms with van der Waals surface area (Å²) >= 11 is 13.1. The van der Waals surface area contributed by atoms with Crippen LogP contribution in [0.4, 0.5) is 5.00 Å². The lowest BCUT2D eigenvalue weighted by Crippen LogP contribution is -2.37. The number of thiophene rings is 1. The first-order chi connectivity index (χ1) is 13.3. The van der Waals surface area contributed by atoms with Crippen molar-refractivity contribution in [1.82, 2.24) is 4.90 Å². The Balaban J connectivity index is 1.55. The number of amides is 4. The van der Waals surface area contributed by atoms with Gasteiger partial charge in [-0.2, -0.15) is 0 Å². The Bertz CT molecular complexity index is 1040. The lowest BCUT2D eigenvalue weighted by Gasteiger charge is -2.13. The summed E-state index contributed by atoms with van der Waals surface area (Å²) in [6.07, 6.45) is 2.51. The average molecular weight is 438 g/mol. The zero-order valence-corrected chi connectivity index (χ0v) is 16.6. The van der Waals surface area contributed by atoms with E-state index in [2.05, 4.69) is 5.32 Å². The topological polar surface area (TPSA) is 110 Å². The molecule has 0 radical (unpaired) electrons. The summed E-state index contributed by atoms with van der Waals surface area (Å²) in [4.78, 5) is 51.1. The number of halogens is 2. The highest BCUT2D eigenvalue weighted by molar-refractivity contribution is 7.17. The van der Waals surface area contributed by atoms with E-state index in [4.69, 9.17) is 28.9 Å². The minimum absolute atomic E-state index is 0.0973. The fraction of sp³-hybridized carbons (Fsp3) is 0.222. The van der Waals surface area contributed by atoms with Gasteiger partial charge in [-0.05, 0) is 37.0 Å². The minimum Gasteiger partial charge on any atom is -0.365 e. The number of carbonyl (C=O) groups excluding carboxylic acids is 4. The number of nitrogens with one attached hydrogen (secondary N) is 1. The molecule has 0 atom stereocenters. The van der Waals surface area contributed by atoms with Crippen molar-refractivity contribution in [3.63, 3.8) is 0 Å². The first kappa shape index (κ1) is 18.9. The van der Waals surface area contributed by atoms with Gasteiger partial charge < -0.3 is 11.1 Å². The van der Waals surface area contributed by atoms with Crippen molar-refractivity contribution in [2.24, 2.45) is 5.73 Å². The van der Waals surface area contributed by atoms with Gasteiger partial charge in [-0.15, -0.1) is 11.3 Å². The Morgan fingerprint density at radius 3 is 2.29 bits per heavy atom. The summed E-state index contributed by atoms with van der Waals surface area (Å²) in [5.74, 6) is -2.47. The molecule has 1 aromatic heterocycles. The number of imide groups is 1. The van der Waals surface area contributed by atoms with E-state index in [-0.39, 0.29) is 21.2 Å². The van der Waals surface area contributed by atoms with Crippen LogP contribution in [0.3, 0.4) is 0 Å². The van der Waals surface area contributed by atoms with Crippen molar-refractivity contribution >= 4 is 63.2 Å². The summed E-state index contributed by atoms with van der Waals surface area (Å²) in [6, 6.07) is 2.62. The van der Waals surface area contributed by atoms with Gasteiger partial charge in [-0.25, -0.2) is 0 Å². The maximum atomic E-state index is 12.5. The Hall–Kier alpha value is -2.42. The van der Waals surface area contributed by atoms with Crippen molar-refractivity contribution in [1.29, 1.82) is 0 Å². The molecule has 0 unspecified atom stereocenters. The number of hydrogen-bond donors (Lipinski definition) is 2. The number of nitrogens with zero attached hydrogens (tertiary/aromatic N) is 1. The molecule has 4 amide bonds. The third-order valence-corrected chi connectivity index (χ3v) is 6.66. The standard InChI is InChI=1S/C18H13Cl2N3O4S/c19-10-4-8-9(5-11(10)20)18(27)23(17(8)26)6-13(24)22-16-14(15(21)25)7-2-1-3-12(7)28-16/h4-5H,1-3,6H2,(H2,21,25)(H,22,24). The predicted molar refractivity (Wildman–Crippen MR) is 105 cm³/mol. The number of anilines is 1. The van der Waals surface area contributed by atoms with Gasteiger partial charge in [0.1, 0.15) is 11.5 Å². The van der Waals surface area contributed by atoms with E-state index in [1.807, 2.05) is 0 Å². The first-order valence-electron chi connectivity index (χ1n) is 8.37. The van der Waals surface area contributed by atoms with Crippen molar-refractivity contribution < 1.29 is 19.2 Å². The van der Waals surface area contributed by atoms with E-state index in [1.54, 1.807) is 0 Å². The molecule has 0 bridgehead atoms. The van der Waals surface area contributed by atoms with Gasteiger partial charge in [0, 0.05) is 4.88 Å². The summed E-state index contributed by atoms with van der Waals surface area (Å²) in [5, 5.41) is 3.26. The minimum atomic E-state index is -0.627. The van der Waals surface area contributed by atoms with Crippen LogP contribution in [-0.4, -0.2) is 35.1 Å². The molecule has 7 nitrogen and oxygen atoms in total. The smallest absolute Gasteiger partial charge is 0.262 e. The van der Waals surface area contributed by atoms with Crippen LogP contribution < -0.4 is 11.1 Å². The van der Waals surface area contributed by atoms with Gasteiger partial charge in [0.05, 0.1) is 26.7 Å². The quantitative estimate of drug-likeness (QED) is 0.716. The predicted octanol–water partition coefficient (Wildman–Crippen LogP) is 2.88. The van der Waals surface area contributed by atoms with Gasteiger partial charge in [0.15, 0.2) is 0 Å². The highest BCUT2D eigenvalue weighted by atomic mass is 35.5. The van der Waals surface area contributed by atoms with Crippen molar-refractivity contribution in [3.05, 3.63) is 49.3 Å². The monoisotopic (exact) mass is 437 g/mol. The van der Waals surface area contributed by atoms with Crippen LogP contribution in [-0.2, 0) is 17.6 Å². The van der Waals surface area contributed by atoms with Gasteiger partial charge in [0.2, 0.25) is 5.91 Å². The van der Waals surface area contributed by atoms with Crippen LogP contribution in [0.5, 0.6) is 0 Å². The van der Waals surface area contributed by atoms with Crippen LogP contribution in [0, 0.1) is 0 Å². The molecule has 144 valence electrons. The van der Waals surface area contributed by atoms with Gasteiger partial charge in [0.25, 0.3) is 17.7 Å². The molecule has 4 rings (SSSR count). The number of primary amides is 1. The van der Waals surface area contributed by atoms with Gasteiger partial charge >= 0.3 is 0 Å². The second-order valence-corrected chi connectivity index (χ2v) is 8.40. The van der Waals surface area contributed by atoms with E-state index >= 15 is 0 Å². The Labute approximate surface area is 173 Å². The molecule has 0 spiro atoms. The lowest BCUT2D eigenvalue weighted by atomic mass is 10.1. The SMILES string of the molecule is NC(=O)c1c(NC(=O)CN2C(=O)c3cc(Cl)c(Cl)cc3C2=O)sc2c1CCC2. The third kappa shape index (κ3) is 2.97. The van der Waals surface area contributed by atoms with Crippen LogP contribution in [0.15, 0.2) is 12.1 Å². The molecular weight excluding hydrogens is 425 g/mol. The third-order valence-electron chi connectivity index (χ3n) is 4.73. The molecule has 10 heteroatoms. The van der Waals surface area contributed by atoms with Crippen molar-refractivity contribution in [2.75, 3.05) is 11.9 Å². The normalized spacial score (nSPS) is 15.0. The molecular formula is C18H13Cl2N3O4S. The van der Waals surface area contributed by atoms with E-state index in [9.17, 15) is 19.2 Å². The van der Waals surface area contributed by atoms with Gasteiger partial charge in [-0.1, -0.05) is 23.2 Å². The molecule has 2 aromatic rings. The summed E-state index contributed by atoms with van der Waals surface area (Å²) < 4.78 is 0. The molecule has 3 N–H and O–H groups in total. The van der Waals surface area contributed by atoms with E-state index in [0.29, 0.717) is 10.6 Å². The van der Waals surface area contributed by atoms with Crippen molar-refractivity contribution in [2.45, 2.75) is 19.3 Å².